The largest absolute Gasteiger partial charge is 0.387 e. The number of aliphatic hydroxyl groups excluding tert-OH is 1. The standard InChI is InChI=1S/C18H22N2OS/c1-13(2)20(11-17-9-4-14(3)22-17)12-18(21)16-7-5-15(10-19)6-8-16/h4-9,13,18,21H,11-12H2,1-3H3. The average molecular weight is 314 g/mol. The number of rotatable bonds is 6. The molecule has 1 unspecified atom stereocenters. The molecule has 0 aliphatic carbocycles. The van der Waals surface area contributed by atoms with E-state index in [0.29, 0.717) is 18.2 Å². The fraction of sp³-hybridized carbons (Fsp3) is 0.389. The Bertz CT molecular complexity index is 640. The van der Waals surface area contributed by atoms with E-state index in [0.717, 1.165) is 12.1 Å². The molecule has 2 aromatic rings. The molecule has 0 saturated heterocycles. The van der Waals surface area contributed by atoms with Crippen LogP contribution in [0.3, 0.4) is 0 Å². The molecule has 22 heavy (non-hydrogen) atoms. The molecule has 0 fully saturated rings. The van der Waals surface area contributed by atoms with Crippen molar-refractivity contribution in [3.05, 3.63) is 57.3 Å². The summed E-state index contributed by atoms with van der Waals surface area (Å²) in [5.74, 6) is 0. The third-order valence-corrected chi connectivity index (χ3v) is 4.70. The van der Waals surface area contributed by atoms with Crippen molar-refractivity contribution in [3.63, 3.8) is 0 Å². The summed E-state index contributed by atoms with van der Waals surface area (Å²) in [5, 5.41) is 19.3. The highest BCUT2D eigenvalue weighted by molar-refractivity contribution is 7.11. The summed E-state index contributed by atoms with van der Waals surface area (Å²) in [6, 6.07) is 13.9. The van der Waals surface area contributed by atoms with Crippen LogP contribution in [0.4, 0.5) is 0 Å². The number of nitriles is 1. The number of hydrogen-bond donors (Lipinski definition) is 1. The van der Waals surface area contributed by atoms with Gasteiger partial charge in [0.2, 0.25) is 0 Å². The number of hydrogen-bond acceptors (Lipinski definition) is 4. The van der Waals surface area contributed by atoms with Gasteiger partial charge in [-0.1, -0.05) is 12.1 Å². The molecule has 1 heterocycles. The molecule has 3 nitrogen and oxygen atoms in total. The maximum absolute atomic E-state index is 10.5. The van der Waals surface area contributed by atoms with Gasteiger partial charge in [0.05, 0.1) is 17.7 Å². The summed E-state index contributed by atoms with van der Waals surface area (Å²) in [6.45, 7) is 7.83. The summed E-state index contributed by atoms with van der Waals surface area (Å²) in [4.78, 5) is 4.90. The SMILES string of the molecule is Cc1ccc(CN(CC(O)c2ccc(C#N)cc2)C(C)C)s1. The molecule has 1 aromatic carbocycles. The molecule has 4 heteroatoms. The first-order valence-electron chi connectivity index (χ1n) is 7.47. The second kappa shape index (κ2) is 7.55. The first-order chi connectivity index (χ1) is 10.5. The summed E-state index contributed by atoms with van der Waals surface area (Å²) in [7, 11) is 0. The lowest BCUT2D eigenvalue weighted by Gasteiger charge is -2.28. The highest BCUT2D eigenvalue weighted by Crippen LogP contribution is 2.21. The van der Waals surface area contributed by atoms with E-state index in [-0.39, 0.29) is 0 Å². The van der Waals surface area contributed by atoms with Crippen LogP contribution in [-0.4, -0.2) is 22.6 Å². The van der Waals surface area contributed by atoms with Gasteiger partial charge in [-0.25, -0.2) is 0 Å². The predicted octanol–water partition coefficient (Wildman–Crippen LogP) is 3.87. The molecule has 0 radical (unpaired) electrons. The Labute approximate surface area is 136 Å². The van der Waals surface area contributed by atoms with Gasteiger partial charge < -0.3 is 5.11 Å². The van der Waals surface area contributed by atoms with Crippen molar-refractivity contribution >= 4 is 11.3 Å². The first-order valence-corrected chi connectivity index (χ1v) is 8.28. The highest BCUT2D eigenvalue weighted by atomic mass is 32.1. The smallest absolute Gasteiger partial charge is 0.0991 e. The van der Waals surface area contributed by atoms with E-state index in [1.165, 1.54) is 9.75 Å². The zero-order chi connectivity index (χ0) is 16.1. The van der Waals surface area contributed by atoms with Gasteiger partial charge >= 0.3 is 0 Å². The molecule has 0 aliphatic heterocycles. The summed E-state index contributed by atoms with van der Waals surface area (Å²) >= 11 is 1.80. The van der Waals surface area contributed by atoms with Crippen LogP contribution in [-0.2, 0) is 6.54 Å². The second-order valence-electron chi connectivity index (χ2n) is 5.79. The zero-order valence-corrected chi connectivity index (χ0v) is 14.1. The van der Waals surface area contributed by atoms with E-state index in [1.54, 1.807) is 23.5 Å². The number of aryl methyl sites for hydroxylation is 1. The van der Waals surface area contributed by atoms with Crippen molar-refractivity contribution in [2.45, 2.75) is 39.5 Å². The minimum Gasteiger partial charge on any atom is -0.387 e. The van der Waals surface area contributed by atoms with Crippen LogP contribution in [0.5, 0.6) is 0 Å². The third kappa shape index (κ3) is 4.41. The maximum Gasteiger partial charge on any atom is 0.0991 e. The normalized spacial score (nSPS) is 12.6. The van der Waals surface area contributed by atoms with E-state index < -0.39 is 6.10 Å². The van der Waals surface area contributed by atoms with Gasteiger partial charge in [-0.3, -0.25) is 4.90 Å². The van der Waals surface area contributed by atoms with E-state index in [9.17, 15) is 5.11 Å². The number of thiophene rings is 1. The van der Waals surface area contributed by atoms with Gasteiger partial charge in [0.25, 0.3) is 0 Å². The van der Waals surface area contributed by atoms with Crippen LogP contribution < -0.4 is 0 Å². The van der Waals surface area contributed by atoms with Gasteiger partial charge in [-0.2, -0.15) is 5.26 Å². The molecule has 0 bridgehead atoms. The van der Waals surface area contributed by atoms with Crippen LogP contribution in [0.25, 0.3) is 0 Å². The van der Waals surface area contributed by atoms with Crippen LogP contribution in [0, 0.1) is 18.3 Å². The van der Waals surface area contributed by atoms with Crippen molar-refractivity contribution in [1.82, 2.24) is 4.90 Å². The zero-order valence-electron chi connectivity index (χ0n) is 13.3. The molecule has 1 atom stereocenters. The fourth-order valence-electron chi connectivity index (χ4n) is 2.34. The molecule has 2 rings (SSSR count). The second-order valence-corrected chi connectivity index (χ2v) is 7.16. The molecule has 0 saturated carbocycles. The lowest BCUT2D eigenvalue weighted by atomic mass is 10.1. The van der Waals surface area contributed by atoms with E-state index in [2.05, 4.69) is 43.9 Å². The van der Waals surface area contributed by atoms with Crippen molar-refractivity contribution in [2.24, 2.45) is 0 Å². The van der Waals surface area contributed by atoms with Crippen molar-refractivity contribution in [1.29, 1.82) is 5.26 Å². The van der Waals surface area contributed by atoms with E-state index in [1.807, 2.05) is 12.1 Å². The number of nitrogens with zero attached hydrogens (tertiary/aromatic N) is 2. The van der Waals surface area contributed by atoms with Crippen molar-refractivity contribution in [2.75, 3.05) is 6.54 Å². The van der Waals surface area contributed by atoms with Gasteiger partial charge in [0.15, 0.2) is 0 Å². The van der Waals surface area contributed by atoms with Crippen LogP contribution in [0.1, 0.15) is 40.8 Å². The predicted molar refractivity (Wildman–Crippen MR) is 90.7 cm³/mol. The molecule has 0 spiro atoms. The summed E-state index contributed by atoms with van der Waals surface area (Å²) < 4.78 is 0. The summed E-state index contributed by atoms with van der Waals surface area (Å²) in [6.07, 6.45) is -0.545. The van der Waals surface area contributed by atoms with Crippen molar-refractivity contribution in [3.8, 4) is 6.07 Å². The monoisotopic (exact) mass is 314 g/mol. The van der Waals surface area contributed by atoms with Gasteiger partial charge in [0, 0.05) is 28.9 Å². The Balaban J connectivity index is 2.04. The topological polar surface area (TPSA) is 47.3 Å². The van der Waals surface area contributed by atoms with Crippen LogP contribution in [0.2, 0.25) is 0 Å². The Kier molecular flexibility index (Phi) is 5.73. The Hall–Kier alpha value is -1.67. The summed E-state index contributed by atoms with van der Waals surface area (Å²) in [5.41, 5.74) is 1.47. The molecule has 1 aromatic heterocycles. The fourth-order valence-corrected chi connectivity index (χ4v) is 3.25. The van der Waals surface area contributed by atoms with Crippen LogP contribution >= 0.6 is 11.3 Å². The van der Waals surface area contributed by atoms with Crippen molar-refractivity contribution < 1.29 is 5.11 Å². The molecule has 116 valence electrons. The quantitative estimate of drug-likeness (QED) is 0.880. The van der Waals surface area contributed by atoms with Crippen LogP contribution in [0.15, 0.2) is 36.4 Å². The highest BCUT2D eigenvalue weighted by Gasteiger charge is 2.17. The molecular formula is C18H22N2OS. The average Bonchev–Trinajstić information content (AvgIpc) is 2.91. The first kappa shape index (κ1) is 16.7. The Morgan fingerprint density at radius 1 is 1.18 bits per heavy atom. The van der Waals surface area contributed by atoms with Gasteiger partial charge in [-0.15, -0.1) is 11.3 Å². The number of aliphatic hydroxyl groups is 1. The van der Waals surface area contributed by atoms with E-state index >= 15 is 0 Å². The van der Waals surface area contributed by atoms with Gasteiger partial charge in [0.1, 0.15) is 0 Å². The lowest BCUT2D eigenvalue weighted by Crippen LogP contribution is -2.34. The Morgan fingerprint density at radius 3 is 2.36 bits per heavy atom. The number of benzene rings is 1. The Morgan fingerprint density at radius 2 is 1.86 bits per heavy atom. The molecule has 0 aliphatic rings. The molecular weight excluding hydrogens is 292 g/mol. The third-order valence-electron chi connectivity index (χ3n) is 3.72. The maximum atomic E-state index is 10.5. The van der Waals surface area contributed by atoms with Gasteiger partial charge in [-0.05, 0) is 50.6 Å². The molecule has 1 N–H and O–H groups in total. The lowest BCUT2D eigenvalue weighted by molar-refractivity contribution is 0.0914. The minimum atomic E-state index is -0.545. The van der Waals surface area contributed by atoms with E-state index in [4.69, 9.17) is 5.26 Å². The molecule has 0 amide bonds. The minimum absolute atomic E-state index is 0.357.